The third-order valence-corrected chi connectivity index (χ3v) is 5.89. The fraction of sp³-hybridized carbons (Fsp3) is 0.0667. The summed E-state index contributed by atoms with van der Waals surface area (Å²) in [6.07, 6.45) is 3.51. The Morgan fingerprint density at radius 2 is 1.00 bits per heavy atom. The molecule has 0 saturated heterocycles. The van der Waals surface area contributed by atoms with Crippen LogP contribution in [0.3, 0.4) is 0 Å². The van der Waals surface area contributed by atoms with Crippen molar-refractivity contribution in [3.8, 4) is 22.8 Å². The number of aryl methyl sites for hydroxylation is 2. The molecule has 0 aliphatic heterocycles. The van der Waals surface area contributed by atoms with Crippen LogP contribution in [0.25, 0.3) is 44.3 Å². The molecule has 210 valence electrons. The van der Waals surface area contributed by atoms with E-state index in [1.54, 1.807) is 12.4 Å². The van der Waals surface area contributed by atoms with Crippen molar-refractivity contribution >= 4 is 33.2 Å². The van der Waals surface area contributed by atoms with E-state index in [1.807, 2.05) is 62.4 Å². The van der Waals surface area contributed by atoms with Crippen LogP contribution in [0.15, 0.2) is 97.3 Å². The second kappa shape index (κ2) is 13.8. The minimum Gasteiger partial charge on any atom is -0.383 e. The molecule has 6 rings (SSSR count). The van der Waals surface area contributed by atoms with Gasteiger partial charge in [0.1, 0.15) is 11.6 Å². The fourth-order valence-electron chi connectivity index (χ4n) is 4.07. The Balaban J connectivity index is 0.000000196. The maximum Gasteiger partial charge on any atom is 1.00 e. The first-order chi connectivity index (χ1) is 19.2. The molecule has 0 aliphatic carbocycles. The van der Waals surface area contributed by atoms with Gasteiger partial charge in [0.05, 0.1) is 27.9 Å². The number of anilines is 2. The van der Waals surface area contributed by atoms with Crippen LogP contribution in [-0.4, -0.2) is 25.0 Å². The van der Waals surface area contributed by atoms with Crippen molar-refractivity contribution in [3.05, 3.63) is 124 Å². The van der Waals surface area contributed by atoms with E-state index < -0.39 is 5.09 Å². The Morgan fingerprint density at radius 3 is 1.34 bits per heavy atom. The van der Waals surface area contributed by atoms with Gasteiger partial charge in [0.15, 0.2) is 0 Å². The molecule has 0 amide bonds. The molecule has 0 unspecified atom stereocenters. The summed E-state index contributed by atoms with van der Waals surface area (Å²) >= 11 is 0. The van der Waals surface area contributed by atoms with E-state index in [0.717, 1.165) is 44.3 Å². The normalized spacial score (nSPS) is 10.0. The largest absolute Gasteiger partial charge is 1.00 e. The smallest absolute Gasteiger partial charge is 0.383 e. The van der Waals surface area contributed by atoms with Crippen LogP contribution in [0.1, 0.15) is 11.1 Å². The zero-order valence-electron chi connectivity index (χ0n) is 22.2. The van der Waals surface area contributed by atoms with E-state index in [2.05, 4.69) is 56.3 Å². The molecule has 4 aromatic heterocycles. The number of nitrogens with two attached hydrogens (primary N) is 2. The van der Waals surface area contributed by atoms with E-state index >= 15 is 0 Å². The molecule has 0 radical (unpaired) electrons. The third-order valence-electron chi connectivity index (χ3n) is 5.89. The summed E-state index contributed by atoms with van der Waals surface area (Å²) in [6, 6.07) is 28.0. The number of rotatable bonds is 2. The number of nitrogen functional groups attached to an aromatic ring is 2. The van der Waals surface area contributed by atoms with Crippen molar-refractivity contribution in [1.29, 1.82) is 0 Å². The summed E-state index contributed by atoms with van der Waals surface area (Å²) in [6.45, 7) is 4.09. The average Bonchev–Trinajstić information content (AvgIpc) is 2.95. The van der Waals surface area contributed by atoms with Gasteiger partial charge in [-0.3, -0.25) is 9.97 Å². The first kappa shape index (κ1) is 30.4. The molecule has 0 aliphatic rings. The molecule has 0 atom stereocenters. The van der Waals surface area contributed by atoms with Crippen LogP contribution < -0.4 is 11.5 Å². The SMILES string of the molecule is Cc1ccc2cc(-c3ccccn3)nc(N)c2c1.Cc1ccc2cc(-c3ccccn3)nc(N)c2c1.O=[N+]([O-])[O-].[Cu+]. The van der Waals surface area contributed by atoms with Gasteiger partial charge >= 0.3 is 17.1 Å². The van der Waals surface area contributed by atoms with Crippen LogP contribution in [0.5, 0.6) is 0 Å². The Bertz CT molecular complexity index is 1660. The molecule has 11 heteroatoms. The first-order valence-electron chi connectivity index (χ1n) is 12.2. The Hall–Kier alpha value is -5.12. The van der Waals surface area contributed by atoms with Gasteiger partial charge in [-0.2, -0.15) is 0 Å². The number of hydrogen-bond acceptors (Lipinski definition) is 9. The van der Waals surface area contributed by atoms with E-state index in [1.165, 1.54) is 11.1 Å². The zero-order chi connectivity index (χ0) is 28.6. The van der Waals surface area contributed by atoms with E-state index in [9.17, 15) is 0 Å². The summed E-state index contributed by atoms with van der Waals surface area (Å²) in [4.78, 5) is 25.7. The van der Waals surface area contributed by atoms with Crippen LogP contribution >= 0.6 is 0 Å². The molecule has 4 heterocycles. The predicted octanol–water partition coefficient (Wildman–Crippen LogP) is 6.13. The van der Waals surface area contributed by atoms with Crippen LogP contribution in [0.4, 0.5) is 11.6 Å². The summed E-state index contributed by atoms with van der Waals surface area (Å²) < 4.78 is 0. The molecule has 6 aromatic rings. The van der Waals surface area contributed by atoms with Gasteiger partial charge in [-0.1, -0.05) is 47.5 Å². The van der Waals surface area contributed by atoms with E-state index in [4.69, 9.17) is 26.8 Å². The molecule has 10 nitrogen and oxygen atoms in total. The number of benzene rings is 2. The zero-order valence-corrected chi connectivity index (χ0v) is 23.1. The summed E-state index contributed by atoms with van der Waals surface area (Å²) in [5.41, 5.74) is 17.7. The van der Waals surface area contributed by atoms with Crippen molar-refractivity contribution in [1.82, 2.24) is 19.9 Å². The van der Waals surface area contributed by atoms with Crippen LogP contribution in [0.2, 0.25) is 0 Å². The topological polar surface area (TPSA) is 170 Å². The molecule has 0 saturated carbocycles. The Kier molecular flexibility index (Phi) is 10.2. The summed E-state index contributed by atoms with van der Waals surface area (Å²) in [5, 5.41) is 18.9. The molecule has 0 spiro atoms. The minimum atomic E-state index is -1.75. The van der Waals surface area contributed by atoms with Crippen LogP contribution in [0, 0.1) is 29.2 Å². The molecule has 41 heavy (non-hydrogen) atoms. The molecule has 2 aromatic carbocycles. The third kappa shape index (κ3) is 7.95. The molecular weight excluding hydrogens is 570 g/mol. The number of aromatic nitrogens is 4. The first-order valence-corrected chi connectivity index (χ1v) is 12.2. The van der Waals surface area contributed by atoms with E-state index in [0.29, 0.717) is 11.6 Å². The van der Waals surface area contributed by atoms with Crippen molar-refractivity contribution in [3.63, 3.8) is 0 Å². The minimum absolute atomic E-state index is 0. The van der Waals surface area contributed by atoms with E-state index in [-0.39, 0.29) is 17.1 Å². The van der Waals surface area contributed by atoms with Crippen molar-refractivity contribution < 1.29 is 22.2 Å². The van der Waals surface area contributed by atoms with Gasteiger partial charge in [0, 0.05) is 23.2 Å². The molecule has 0 fully saturated rings. The molecule has 0 bridgehead atoms. The second-order valence-corrected chi connectivity index (χ2v) is 8.89. The Labute approximate surface area is 246 Å². The Morgan fingerprint density at radius 1 is 0.610 bits per heavy atom. The van der Waals surface area contributed by atoms with Crippen molar-refractivity contribution in [2.75, 3.05) is 11.5 Å². The molecular formula is C30H26CuN7O3. The number of nitrogens with zero attached hydrogens (tertiary/aromatic N) is 5. The summed E-state index contributed by atoms with van der Waals surface area (Å²) in [7, 11) is 0. The fourth-order valence-corrected chi connectivity index (χ4v) is 4.07. The van der Waals surface area contributed by atoms with Crippen molar-refractivity contribution in [2.24, 2.45) is 0 Å². The predicted molar refractivity (Wildman–Crippen MR) is 159 cm³/mol. The van der Waals surface area contributed by atoms with Gasteiger partial charge in [-0.05, 0) is 73.2 Å². The van der Waals surface area contributed by atoms with Crippen LogP contribution in [-0.2, 0) is 17.1 Å². The number of fused-ring (bicyclic) bond motifs is 2. The van der Waals surface area contributed by atoms with Gasteiger partial charge in [-0.25, -0.2) is 9.97 Å². The maximum atomic E-state index is 8.25. The van der Waals surface area contributed by atoms with Gasteiger partial charge in [0.25, 0.3) is 0 Å². The van der Waals surface area contributed by atoms with Gasteiger partial charge in [-0.15, -0.1) is 0 Å². The monoisotopic (exact) mass is 595 g/mol. The van der Waals surface area contributed by atoms with Crippen molar-refractivity contribution in [2.45, 2.75) is 13.8 Å². The quantitative estimate of drug-likeness (QED) is 0.136. The average molecular weight is 596 g/mol. The number of pyridine rings is 4. The number of hydrogen-bond donors (Lipinski definition) is 2. The van der Waals surface area contributed by atoms with Gasteiger partial charge in [0.2, 0.25) is 0 Å². The second-order valence-electron chi connectivity index (χ2n) is 8.89. The van der Waals surface area contributed by atoms with Gasteiger partial charge < -0.3 is 26.8 Å². The standard InChI is InChI=1S/2C15H13N3.Cu.NO3/c2*1-10-5-6-11-9-14(13-4-2-3-7-17-13)18-15(16)12(11)8-10;;2-1(3)4/h2*2-9H,1H3,(H2,16,18);;/q;;+1;-1. The maximum absolute atomic E-state index is 8.25. The summed E-state index contributed by atoms with van der Waals surface area (Å²) in [5.74, 6) is 1.11. The molecule has 4 N–H and O–H groups in total.